The molecule has 2 aromatic heterocycles. The number of aryl methyl sites for hydroxylation is 1. The van der Waals surface area contributed by atoms with E-state index in [0.29, 0.717) is 11.1 Å². The number of phenolic OH excluding ortho intramolecular Hbond substituents is 1. The Bertz CT molecular complexity index is 1430. The van der Waals surface area contributed by atoms with Gasteiger partial charge in [-0.1, -0.05) is 12.1 Å². The van der Waals surface area contributed by atoms with Crippen LogP contribution in [-0.4, -0.2) is 58.5 Å². The van der Waals surface area contributed by atoms with Crippen molar-refractivity contribution < 1.29 is 29.0 Å². The number of amides is 3. The number of ether oxygens (including phenoxy) is 1. The molecule has 3 aromatic rings. The average molecular weight is 530 g/mol. The number of esters is 1. The van der Waals surface area contributed by atoms with Crippen molar-refractivity contribution in [3.05, 3.63) is 83.8 Å². The van der Waals surface area contributed by atoms with Gasteiger partial charge in [-0.3, -0.25) is 24.2 Å². The first-order valence-corrected chi connectivity index (χ1v) is 11.6. The van der Waals surface area contributed by atoms with E-state index in [-0.39, 0.29) is 27.7 Å². The summed E-state index contributed by atoms with van der Waals surface area (Å²) in [5.74, 6) is -2.75. The fourth-order valence-electron chi connectivity index (χ4n) is 3.20. The number of carbonyl (C=O) groups excluding carboxylic acids is 4. The molecule has 0 fully saturated rings. The zero-order valence-corrected chi connectivity index (χ0v) is 20.5. The van der Waals surface area contributed by atoms with Crippen molar-refractivity contribution in [1.82, 2.24) is 25.9 Å². The molecule has 0 saturated carbocycles. The lowest BCUT2D eigenvalue weighted by molar-refractivity contribution is -0.142. The first-order valence-electron chi connectivity index (χ1n) is 10.7. The van der Waals surface area contributed by atoms with Crippen LogP contribution in [0.2, 0.25) is 0 Å². The number of phenols is 1. The van der Waals surface area contributed by atoms with Crippen molar-refractivity contribution in [1.29, 1.82) is 0 Å². The predicted octanol–water partition coefficient (Wildman–Crippen LogP) is -0.230. The molecule has 0 saturated heterocycles. The van der Waals surface area contributed by atoms with E-state index in [1.54, 1.807) is 19.1 Å². The second kappa shape index (κ2) is 11.8. The number of H-pyrrole nitrogens is 2. The van der Waals surface area contributed by atoms with Gasteiger partial charge in [0.25, 0.3) is 23.3 Å². The van der Waals surface area contributed by atoms with E-state index in [4.69, 9.17) is 0 Å². The lowest BCUT2D eigenvalue weighted by atomic mass is 10.2. The van der Waals surface area contributed by atoms with Gasteiger partial charge in [0.2, 0.25) is 0 Å². The maximum Gasteiger partial charge on any atom is 0.330 e. The van der Waals surface area contributed by atoms with Gasteiger partial charge in [-0.2, -0.15) is 0 Å². The number of benzene rings is 1. The quantitative estimate of drug-likeness (QED) is 0.204. The van der Waals surface area contributed by atoms with Crippen molar-refractivity contribution in [2.45, 2.75) is 19.5 Å². The number of carbonyl (C=O) groups is 4. The number of hydrogen-bond donors (Lipinski definition) is 6. The molecular formula is C23H23N5O8S. The molecule has 0 radical (unpaired) electrons. The molecule has 37 heavy (non-hydrogen) atoms. The minimum Gasteiger partial charge on any atom is -0.508 e. The highest BCUT2D eigenvalue weighted by Crippen LogP contribution is 2.22. The van der Waals surface area contributed by atoms with Crippen LogP contribution >= 0.6 is 11.3 Å². The molecule has 0 aliphatic rings. The van der Waals surface area contributed by atoms with Crippen LogP contribution < -0.4 is 27.2 Å². The second-order valence-corrected chi connectivity index (χ2v) is 8.79. The minimum absolute atomic E-state index is 0.0692. The van der Waals surface area contributed by atoms with Gasteiger partial charge in [0, 0.05) is 19.2 Å². The van der Waals surface area contributed by atoms with E-state index >= 15 is 0 Å². The van der Waals surface area contributed by atoms with Crippen LogP contribution in [0.3, 0.4) is 0 Å². The maximum atomic E-state index is 12.9. The van der Waals surface area contributed by atoms with Crippen LogP contribution in [-0.2, 0) is 16.1 Å². The molecule has 2 heterocycles. The molecule has 3 rings (SSSR count). The molecule has 1 aromatic carbocycles. The number of thiophene rings is 1. The standard InChI is InChI=1S/C23H23N5O8S/c1-11-6-16(20(32)24-9-12-4-3-5-13(29)7-12)37-18(11)21(33)26-15(22(34)36-2)10-25-19(31)14-8-17(30)28-23(35)27-14/h3-8,15,29H,9-10H2,1-2H3,(H,24,32)(H,25,31)(H,26,33)(H2,27,28,30,35)/t15-/m0/s1. The maximum absolute atomic E-state index is 12.9. The normalized spacial score (nSPS) is 11.3. The summed E-state index contributed by atoms with van der Waals surface area (Å²) in [7, 11) is 1.10. The number of rotatable bonds is 9. The second-order valence-electron chi connectivity index (χ2n) is 7.74. The summed E-state index contributed by atoms with van der Waals surface area (Å²) < 4.78 is 4.69. The third-order valence-electron chi connectivity index (χ3n) is 4.97. The summed E-state index contributed by atoms with van der Waals surface area (Å²) in [4.78, 5) is 77.2. The predicted molar refractivity (Wildman–Crippen MR) is 132 cm³/mol. The summed E-state index contributed by atoms with van der Waals surface area (Å²) in [6.45, 7) is 1.37. The first-order chi connectivity index (χ1) is 17.6. The van der Waals surface area contributed by atoms with E-state index in [2.05, 4.69) is 25.7 Å². The Hall–Kier alpha value is -4.72. The van der Waals surface area contributed by atoms with Crippen LogP contribution in [0.1, 0.15) is 41.0 Å². The molecule has 0 spiro atoms. The highest BCUT2D eigenvalue weighted by Gasteiger charge is 2.26. The molecule has 0 aliphatic carbocycles. The van der Waals surface area contributed by atoms with Crippen molar-refractivity contribution in [2.75, 3.05) is 13.7 Å². The van der Waals surface area contributed by atoms with Gasteiger partial charge in [-0.25, -0.2) is 9.59 Å². The lowest BCUT2D eigenvalue weighted by Crippen LogP contribution is -2.49. The fraction of sp³-hybridized carbons (Fsp3) is 0.217. The fourth-order valence-corrected chi connectivity index (χ4v) is 4.19. The molecule has 1 atom stereocenters. The third kappa shape index (κ3) is 7.14. The van der Waals surface area contributed by atoms with E-state index in [1.807, 2.05) is 4.98 Å². The minimum atomic E-state index is -1.31. The number of aromatic hydroxyl groups is 1. The third-order valence-corrected chi connectivity index (χ3v) is 6.21. The monoisotopic (exact) mass is 529 g/mol. The summed E-state index contributed by atoms with van der Waals surface area (Å²) in [5, 5.41) is 17.0. The van der Waals surface area contributed by atoms with Crippen LogP contribution in [0.4, 0.5) is 0 Å². The Kier molecular flexibility index (Phi) is 8.58. The number of aromatic amines is 2. The van der Waals surface area contributed by atoms with Gasteiger partial charge in [0.05, 0.1) is 16.9 Å². The van der Waals surface area contributed by atoms with Gasteiger partial charge in [0.15, 0.2) is 0 Å². The van der Waals surface area contributed by atoms with Gasteiger partial charge in [-0.05, 0) is 36.2 Å². The number of methoxy groups -OCH3 is 1. The van der Waals surface area contributed by atoms with E-state index in [0.717, 1.165) is 24.5 Å². The molecular weight excluding hydrogens is 506 g/mol. The van der Waals surface area contributed by atoms with Gasteiger partial charge < -0.3 is 30.8 Å². The number of nitrogens with one attached hydrogen (secondary N) is 5. The number of hydrogen-bond acceptors (Lipinski definition) is 9. The summed E-state index contributed by atoms with van der Waals surface area (Å²) in [6, 6.07) is 7.48. The lowest BCUT2D eigenvalue weighted by Gasteiger charge is -2.17. The molecule has 3 amide bonds. The first kappa shape index (κ1) is 26.9. The van der Waals surface area contributed by atoms with Crippen LogP contribution in [0.25, 0.3) is 0 Å². The zero-order chi connectivity index (χ0) is 27.1. The van der Waals surface area contributed by atoms with Crippen molar-refractivity contribution in [3.63, 3.8) is 0 Å². The molecule has 0 bridgehead atoms. The Labute approximate surface area is 212 Å². The van der Waals surface area contributed by atoms with Crippen molar-refractivity contribution in [2.24, 2.45) is 0 Å². The highest BCUT2D eigenvalue weighted by molar-refractivity contribution is 7.16. The Morgan fingerprint density at radius 2 is 1.78 bits per heavy atom. The number of aromatic nitrogens is 2. The topological polar surface area (TPSA) is 200 Å². The molecule has 14 heteroatoms. The molecule has 0 unspecified atom stereocenters. The van der Waals surface area contributed by atoms with Gasteiger partial charge in [-0.15, -0.1) is 11.3 Å². The van der Waals surface area contributed by atoms with Crippen LogP contribution in [0, 0.1) is 6.92 Å². The largest absolute Gasteiger partial charge is 0.508 e. The highest BCUT2D eigenvalue weighted by atomic mass is 32.1. The van der Waals surface area contributed by atoms with Gasteiger partial charge in [0.1, 0.15) is 17.5 Å². The van der Waals surface area contributed by atoms with E-state index in [1.165, 1.54) is 18.2 Å². The Morgan fingerprint density at radius 1 is 1.03 bits per heavy atom. The van der Waals surface area contributed by atoms with E-state index in [9.17, 15) is 33.9 Å². The molecule has 13 nitrogen and oxygen atoms in total. The van der Waals surface area contributed by atoms with Crippen LogP contribution in [0.15, 0.2) is 46.0 Å². The Balaban J connectivity index is 1.66. The molecule has 0 aliphatic heterocycles. The summed E-state index contributed by atoms with van der Waals surface area (Å²) in [5.41, 5.74) is -0.836. The zero-order valence-electron chi connectivity index (χ0n) is 19.7. The Morgan fingerprint density at radius 3 is 2.46 bits per heavy atom. The summed E-state index contributed by atoms with van der Waals surface area (Å²) in [6.07, 6.45) is 0. The van der Waals surface area contributed by atoms with Crippen LogP contribution in [0.5, 0.6) is 5.75 Å². The molecule has 194 valence electrons. The van der Waals surface area contributed by atoms with Crippen molar-refractivity contribution >= 4 is 35.0 Å². The average Bonchev–Trinajstić information content (AvgIpc) is 3.25. The van der Waals surface area contributed by atoms with Gasteiger partial charge >= 0.3 is 11.7 Å². The SMILES string of the molecule is COC(=O)[C@H](CNC(=O)c1cc(=O)[nH]c(=O)[nH]1)NC(=O)c1sc(C(=O)NCc2cccc(O)c2)cc1C. The van der Waals surface area contributed by atoms with Crippen molar-refractivity contribution in [3.8, 4) is 5.75 Å². The van der Waals surface area contributed by atoms with E-state index < -0.39 is 47.5 Å². The summed E-state index contributed by atoms with van der Waals surface area (Å²) >= 11 is 0.909. The smallest absolute Gasteiger partial charge is 0.330 e. The molecule has 6 N–H and O–H groups in total.